The van der Waals surface area contributed by atoms with Crippen molar-refractivity contribution in [3.05, 3.63) is 27.5 Å². The van der Waals surface area contributed by atoms with Crippen LogP contribution in [0.25, 0.3) is 0 Å². The Bertz CT molecular complexity index is 374. The number of hydrogen-bond acceptors (Lipinski definition) is 4. The molecule has 0 amide bonds. The van der Waals surface area contributed by atoms with Gasteiger partial charge in [0.15, 0.2) is 0 Å². The minimum atomic E-state index is -0.528. The molecule has 0 aliphatic heterocycles. The lowest BCUT2D eigenvalue weighted by Gasteiger charge is -2.04. The van der Waals surface area contributed by atoms with Crippen LogP contribution in [0.15, 0.2) is 17.4 Å². The predicted molar refractivity (Wildman–Crippen MR) is 56.4 cm³/mol. The van der Waals surface area contributed by atoms with E-state index < -0.39 is 4.92 Å². The molecule has 14 heavy (non-hydrogen) atoms. The molecule has 0 atom stereocenters. The number of aromatic nitrogens is 2. The van der Waals surface area contributed by atoms with E-state index >= 15 is 0 Å². The third-order valence-corrected chi connectivity index (χ3v) is 1.82. The van der Waals surface area contributed by atoms with Gasteiger partial charge in [-0.1, -0.05) is 22.5 Å². The third-order valence-electron chi connectivity index (χ3n) is 1.54. The van der Waals surface area contributed by atoms with Gasteiger partial charge >= 0.3 is 5.82 Å². The fourth-order valence-corrected chi connectivity index (χ4v) is 1.08. The van der Waals surface area contributed by atoms with Crippen molar-refractivity contribution in [3.8, 4) is 0 Å². The van der Waals surface area contributed by atoms with E-state index in [-0.39, 0.29) is 5.82 Å². The molecule has 1 N–H and O–H groups in total. The normalized spacial score (nSPS) is 9.86. The summed E-state index contributed by atoms with van der Waals surface area (Å²) in [5.41, 5.74) is 0. The van der Waals surface area contributed by atoms with Crippen molar-refractivity contribution in [1.29, 1.82) is 0 Å². The second kappa shape index (κ2) is 4.23. The minimum absolute atomic E-state index is 0.179. The molecule has 6 nitrogen and oxygen atoms in total. The van der Waals surface area contributed by atoms with Crippen LogP contribution in [0.2, 0.25) is 0 Å². The van der Waals surface area contributed by atoms with Gasteiger partial charge in [-0.25, -0.2) is 0 Å². The molecular formula is C7H9BrN4O2. The summed E-state index contributed by atoms with van der Waals surface area (Å²) in [5.74, 6) is 0.192. The summed E-state index contributed by atoms with van der Waals surface area (Å²) in [6.45, 7) is 4.03. The zero-order valence-corrected chi connectivity index (χ0v) is 9.11. The van der Waals surface area contributed by atoms with Gasteiger partial charge in [0.2, 0.25) is 12.1 Å². The molecule has 0 spiro atoms. The van der Waals surface area contributed by atoms with Gasteiger partial charge < -0.3 is 15.4 Å². The van der Waals surface area contributed by atoms with Gasteiger partial charge in [0.25, 0.3) is 0 Å². The molecule has 7 heteroatoms. The van der Waals surface area contributed by atoms with Crippen molar-refractivity contribution in [2.75, 3.05) is 11.9 Å². The molecule has 76 valence electrons. The lowest BCUT2D eigenvalue weighted by molar-refractivity contribution is -0.388. The SMILES string of the molecule is C=C(Br)CNc1c([N+](=O)[O-])ncn1C. The Morgan fingerprint density at radius 1 is 1.93 bits per heavy atom. The molecule has 0 saturated carbocycles. The zero-order valence-electron chi connectivity index (χ0n) is 7.53. The van der Waals surface area contributed by atoms with Gasteiger partial charge in [-0.3, -0.25) is 4.57 Å². The molecule has 0 saturated heterocycles. The highest BCUT2D eigenvalue weighted by molar-refractivity contribution is 9.11. The summed E-state index contributed by atoms with van der Waals surface area (Å²) >= 11 is 3.15. The Kier molecular flexibility index (Phi) is 3.23. The smallest absolute Gasteiger partial charge is 0.360 e. The van der Waals surface area contributed by atoms with E-state index in [4.69, 9.17) is 0 Å². The lowest BCUT2D eigenvalue weighted by Crippen LogP contribution is -2.06. The number of anilines is 1. The molecule has 0 fully saturated rings. The number of hydrogen-bond donors (Lipinski definition) is 1. The first kappa shape index (κ1) is 10.7. The van der Waals surface area contributed by atoms with Crippen LogP contribution in [0.3, 0.4) is 0 Å². The van der Waals surface area contributed by atoms with Gasteiger partial charge in [-0.15, -0.1) is 0 Å². The van der Waals surface area contributed by atoms with Crippen molar-refractivity contribution in [2.45, 2.75) is 0 Å². The van der Waals surface area contributed by atoms with E-state index in [0.717, 1.165) is 0 Å². The Hall–Kier alpha value is -1.37. The molecular weight excluding hydrogens is 252 g/mol. The molecule has 0 aliphatic rings. The Morgan fingerprint density at radius 2 is 2.57 bits per heavy atom. The molecule has 0 bridgehead atoms. The topological polar surface area (TPSA) is 73.0 Å². The minimum Gasteiger partial charge on any atom is -0.360 e. The van der Waals surface area contributed by atoms with E-state index in [1.807, 2.05) is 0 Å². The molecule has 1 rings (SSSR count). The van der Waals surface area contributed by atoms with Crippen molar-refractivity contribution < 1.29 is 4.92 Å². The van der Waals surface area contributed by atoms with Crippen LogP contribution in [-0.2, 0) is 7.05 Å². The number of halogens is 1. The van der Waals surface area contributed by atoms with E-state index in [0.29, 0.717) is 16.8 Å². The Morgan fingerprint density at radius 3 is 3.07 bits per heavy atom. The highest BCUT2D eigenvalue weighted by Crippen LogP contribution is 2.21. The first-order valence-electron chi connectivity index (χ1n) is 3.75. The van der Waals surface area contributed by atoms with Crippen molar-refractivity contribution in [3.63, 3.8) is 0 Å². The number of nitrogens with zero attached hydrogens (tertiary/aromatic N) is 3. The molecule has 1 heterocycles. The summed E-state index contributed by atoms with van der Waals surface area (Å²) in [4.78, 5) is 13.7. The average molecular weight is 261 g/mol. The van der Waals surface area contributed by atoms with E-state index in [1.54, 1.807) is 11.6 Å². The average Bonchev–Trinajstić information content (AvgIpc) is 2.43. The van der Waals surface area contributed by atoms with Crippen molar-refractivity contribution in [2.24, 2.45) is 7.05 Å². The predicted octanol–water partition coefficient (Wildman–Crippen LogP) is 1.65. The third kappa shape index (κ3) is 2.32. The Labute approximate surface area is 88.9 Å². The fourth-order valence-electron chi connectivity index (χ4n) is 0.935. The highest BCUT2D eigenvalue weighted by Gasteiger charge is 2.19. The van der Waals surface area contributed by atoms with Gasteiger partial charge in [0, 0.05) is 18.1 Å². The van der Waals surface area contributed by atoms with Crippen molar-refractivity contribution >= 4 is 27.6 Å². The van der Waals surface area contributed by atoms with Gasteiger partial charge in [0.05, 0.1) is 0 Å². The maximum Gasteiger partial charge on any atom is 0.406 e. The van der Waals surface area contributed by atoms with Gasteiger partial charge in [0.1, 0.15) is 0 Å². The maximum atomic E-state index is 10.5. The summed E-state index contributed by atoms with van der Waals surface area (Å²) in [7, 11) is 1.68. The summed E-state index contributed by atoms with van der Waals surface area (Å²) < 4.78 is 2.27. The van der Waals surface area contributed by atoms with E-state index in [9.17, 15) is 10.1 Å². The van der Waals surface area contributed by atoms with Crippen molar-refractivity contribution in [1.82, 2.24) is 9.55 Å². The van der Waals surface area contributed by atoms with E-state index in [2.05, 4.69) is 32.8 Å². The first-order chi connectivity index (χ1) is 6.52. The van der Waals surface area contributed by atoms with Crippen LogP contribution >= 0.6 is 15.9 Å². The van der Waals surface area contributed by atoms with Crippen LogP contribution < -0.4 is 5.32 Å². The van der Waals surface area contributed by atoms with Crippen LogP contribution in [0, 0.1) is 10.1 Å². The largest absolute Gasteiger partial charge is 0.406 e. The lowest BCUT2D eigenvalue weighted by atomic mass is 10.5. The number of nitro groups is 1. The summed E-state index contributed by atoms with van der Waals surface area (Å²) in [6.07, 6.45) is 1.39. The highest BCUT2D eigenvalue weighted by atomic mass is 79.9. The number of imidazole rings is 1. The second-order valence-corrected chi connectivity index (χ2v) is 3.78. The quantitative estimate of drug-likeness (QED) is 0.660. The fraction of sp³-hybridized carbons (Fsp3) is 0.286. The first-order valence-corrected chi connectivity index (χ1v) is 4.54. The standard InChI is InChI=1S/C7H9BrN4O2/c1-5(8)3-9-6-7(12(13)14)10-4-11(6)2/h4,9H,1,3H2,2H3. The molecule has 0 unspecified atom stereocenters. The van der Waals surface area contributed by atoms with Crippen LogP contribution in [0.5, 0.6) is 0 Å². The second-order valence-electron chi connectivity index (χ2n) is 2.66. The van der Waals surface area contributed by atoms with Crippen LogP contribution in [0.1, 0.15) is 0 Å². The monoisotopic (exact) mass is 260 g/mol. The molecule has 0 radical (unpaired) electrons. The number of aryl methyl sites for hydroxylation is 1. The van der Waals surface area contributed by atoms with Gasteiger partial charge in [-0.05, 0) is 9.91 Å². The van der Waals surface area contributed by atoms with E-state index in [1.165, 1.54) is 6.33 Å². The molecule has 0 aliphatic carbocycles. The summed E-state index contributed by atoms with van der Waals surface area (Å²) in [6, 6.07) is 0. The van der Waals surface area contributed by atoms with Crippen LogP contribution in [-0.4, -0.2) is 21.0 Å². The maximum absolute atomic E-state index is 10.5. The Balaban J connectivity index is 2.88. The molecule has 1 aromatic heterocycles. The summed E-state index contributed by atoms with van der Waals surface area (Å²) in [5, 5.41) is 13.4. The number of rotatable bonds is 4. The van der Waals surface area contributed by atoms with Gasteiger partial charge in [-0.2, -0.15) is 0 Å². The molecule has 1 aromatic rings. The number of nitrogens with one attached hydrogen (secondary N) is 1. The zero-order chi connectivity index (χ0) is 10.7. The molecule has 0 aromatic carbocycles. The van der Waals surface area contributed by atoms with Crippen LogP contribution in [0.4, 0.5) is 11.6 Å².